The predicted molar refractivity (Wildman–Crippen MR) is 81.7 cm³/mol. The molecule has 0 aliphatic carbocycles. The fraction of sp³-hybridized carbons (Fsp3) is 0.471. The maximum atomic E-state index is 5.77. The zero-order valence-electron chi connectivity index (χ0n) is 12.2. The summed E-state index contributed by atoms with van der Waals surface area (Å²) in [5.74, 6) is 0.526. The molecule has 3 rings (SSSR count). The van der Waals surface area contributed by atoms with Crippen molar-refractivity contribution in [1.82, 2.24) is 10.3 Å². The molecule has 1 aliphatic rings. The Balaban J connectivity index is 2.01. The Morgan fingerprint density at radius 1 is 1.35 bits per heavy atom. The Kier molecular flexibility index (Phi) is 3.99. The smallest absolute Gasteiger partial charge is 0.0749 e. The maximum Gasteiger partial charge on any atom is 0.0749 e. The molecule has 0 saturated carbocycles. The molecule has 3 heteroatoms. The number of ether oxygens (including phenoxy) is 1. The van der Waals surface area contributed by atoms with Crippen molar-refractivity contribution in [1.29, 1.82) is 0 Å². The first-order valence-corrected chi connectivity index (χ1v) is 7.48. The molecule has 0 spiro atoms. The highest BCUT2D eigenvalue weighted by Gasteiger charge is 2.31. The number of aromatic nitrogens is 1. The highest BCUT2D eigenvalue weighted by molar-refractivity contribution is 5.82. The topological polar surface area (TPSA) is 34.2 Å². The van der Waals surface area contributed by atoms with E-state index in [2.05, 4.69) is 48.4 Å². The van der Waals surface area contributed by atoms with Crippen LogP contribution in [0.4, 0.5) is 0 Å². The quantitative estimate of drug-likeness (QED) is 0.925. The van der Waals surface area contributed by atoms with E-state index in [4.69, 9.17) is 4.74 Å². The molecule has 1 aliphatic heterocycles. The van der Waals surface area contributed by atoms with Gasteiger partial charge in [0.05, 0.1) is 18.2 Å². The molecule has 0 radical (unpaired) electrons. The standard InChI is InChI=1S/C17H22N2O/c1-3-18-17(14-10-12(2)20-11-14)15-8-4-6-13-7-5-9-19-16(13)15/h4-9,12,14,17-18H,3,10-11H2,1-2H3. The number of hydrogen-bond donors (Lipinski definition) is 1. The first kappa shape index (κ1) is 13.5. The number of rotatable bonds is 4. The number of hydrogen-bond acceptors (Lipinski definition) is 3. The van der Waals surface area contributed by atoms with Crippen molar-refractivity contribution >= 4 is 10.9 Å². The highest BCUT2D eigenvalue weighted by atomic mass is 16.5. The molecule has 0 amide bonds. The van der Waals surface area contributed by atoms with Gasteiger partial charge >= 0.3 is 0 Å². The van der Waals surface area contributed by atoms with Crippen LogP contribution in [-0.2, 0) is 4.74 Å². The normalized spacial score (nSPS) is 24.1. The van der Waals surface area contributed by atoms with Crippen LogP contribution in [0, 0.1) is 5.92 Å². The van der Waals surface area contributed by atoms with Crippen LogP contribution < -0.4 is 5.32 Å². The Labute approximate surface area is 120 Å². The van der Waals surface area contributed by atoms with Crippen molar-refractivity contribution in [3.05, 3.63) is 42.1 Å². The second-order valence-electron chi connectivity index (χ2n) is 5.60. The molecule has 1 fully saturated rings. The van der Waals surface area contributed by atoms with Gasteiger partial charge in [0, 0.05) is 23.5 Å². The summed E-state index contributed by atoms with van der Waals surface area (Å²) >= 11 is 0. The largest absolute Gasteiger partial charge is 0.378 e. The predicted octanol–water partition coefficient (Wildman–Crippen LogP) is 3.31. The molecule has 1 saturated heterocycles. The molecule has 20 heavy (non-hydrogen) atoms. The number of pyridine rings is 1. The maximum absolute atomic E-state index is 5.77. The first-order chi connectivity index (χ1) is 9.79. The molecular weight excluding hydrogens is 248 g/mol. The van der Waals surface area contributed by atoms with Gasteiger partial charge in [0.2, 0.25) is 0 Å². The van der Waals surface area contributed by atoms with E-state index in [1.54, 1.807) is 0 Å². The Bertz CT molecular complexity index is 579. The number of nitrogens with zero attached hydrogens (tertiary/aromatic N) is 1. The van der Waals surface area contributed by atoms with E-state index in [9.17, 15) is 0 Å². The van der Waals surface area contributed by atoms with E-state index >= 15 is 0 Å². The second kappa shape index (κ2) is 5.90. The van der Waals surface area contributed by atoms with Gasteiger partial charge in [-0.3, -0.25) is 4.98 Å². The van der Waals surface area contributed by atoms with Gasteiger partial charge in [0.15, 0.2) is 0 Å². The van der Waals surface area contributed by atoms with Crippen LogP contribution in [0.3, 0.4) is 0 Å². The van der Waals surface area contributed by atoms with Crippen molar-refractivity contribution in [3.8, 4) is 0 Å². The van der Waals surface area contributed by atoms with Crippen LogP contribution >= 0.6 is 0 Å². The fourth-order valence-corrected chi connectivity index (χ4v) is 3.21. The molecule has 3 nitrogen and oxygen atoms in total. The lowest BCUT2D eigenvalue weighted by molar-refractivity contribution is 0.117. The molecule has 3 unspecified atom stereocenters. The Morgan fingerprint density at radius 3 is 2.95 bits per heavy atom. The van der Waals surface area contributed by atoms with Gasteiger partial charge in [-0.05, 0) is 31.5 Å². The lowest BCUT2D eigenvalue weighted by Gasteiger charge is -2.24. The Hall–Kier alpha value is -1.45. The summed E-state index contributed by atoms with van der Waals surface area (Å²) < 4.78 is 5.77. The molecule has 1 aromatic heterocycles. The third kappa shape index (κ3) is 2.56. The molecule has 106 valence electrons. The van der Waals surface area contributed by atoms with Gasteiger partial charge in [-0.25, -0.2) is 0 Å². The van der Waals surface area contributed by atoms with Gasteiger partial charge in [0.1, 0.15) is 0 Å². The fourth-order valence-electron chi connectivity index (χ4n) is 3.21. The number of para-hydroxylation sites is 1. The SMILES string of the molecule is CCNC(c1cccc2cccnc12)C1COC(C)C1. The average Bonchev–Trinajstić information content (AvgIpc) is 2.91. The number of benzene rings is 1. The van der Waals surface area contributed by atoms with Crippen molar-refractivity contribution in [3.63, 3.8) is 0 Å². The average molecular weight is 270 g/mol. The van der Waals surface area contributed by atoms with E-state index in [1.807, 2.05) is 12.3 Å². The van der Waals surface area contributed by atoms with E-state index in [1.165, 1.54) is 10.9 Å². The van der Waals surface area contributed by atoms with Crippen LogP contribution in [0.15, 0.2) is 36.5 Å². The monoisotopic (exact) mass is 270 g/mol. The van der Waals surface area contributed by atoms with Crippen LogP contribution in [0.2, 0.25) is 0 Å². The van der Waals surface area contributed by atoms with Gasteiger partial charge in [-0.15, -0.1) is 0 Å². The summed E-state index contributed by atoms with van der Waals surface area (Å²) in [7, 11) is 0. The zero-order chi connectivity index (χ0) is 13.9. The third-order valence-corrected chi connectivity index (χ3v) is 4.12. The lowest BCUT2D eigenvalue weighted by atomic mass is 9.89. The zero-order valence-corrected chi connectivity index (χ0v) is 12.2. The first-order valence-electron chi connectivity index (χ1n) is 7.48. The van der Waals surface area contributed by atoms with Crippen LogP contribution in [0.5, 0.6) is 0 Å². The van der Waals surface area contributed by atoms with Crippen molar-refractivity contribution in [2.45, 2.75) is 32.4 Å². The molecule has 2 aromatic rings. The van der Waals surface area contributed by atoms with Crippen LogP contribution in [0.1, 0.15) is 31.9 Å². The minimum atomic E-state index is 0.323. The summed E-state index contributed by atoms with van der Waals surface area (Å²) in [6.07, 6.45) is 3.35. The van der Waals surface area contributed by atoms with E-state index in [0.717, 1.165) is 25.1 Å². The van der Waals surface area contributed by atoms with Crippen molar-refractivity contribution in [2.75, 3.05) is 13.2 Å². The Morgan fingerprint density at radius 2 is 2.20 bits per heavy atom. The van der Waals surface area contributed by atoms with Crippen LogP contribution in [0.25, 0.3) is 10.9 Å². The van der Waals surface area contributed by atoms with E-state index < -0.39 is 0 Å². The van der Waals surface area contributed by atoms with Gasteiger partial charge in [-0.1, -0.05) is 31.2 Å². The van der Waals surface area contributed by atoms with E-state index in [-0.39, 0.29) is 0 Å². The number of nitrogens with one attached hydrogen (secondary N) is 1. The van der Waals surface area contributed by atoms with Gasteiger partial charge < -0.3 is 10.1 Å². The summed E-state index contributed by atoms with van der Waals surface area (Å²) in [6, 6.07) is 10.9. The third-order valence-electron chi connectivity index (χ3n) is 4.12. The minimum Gasteiger partial charge on any atom is -0.378 e. The summed E-state index contributed by atoms with van der Waals surface area (Å²) in [6.45, 7) is 6.11. The minimum absolute atomic E-state index is 0.323. The van der Waals surface area contributed by atoms with Gasteiger partial charge in [-0.2, -0.15) is 0 Å². The molecule has 0 bridgehead atoms. The highest BCUT2D eigenvalue weighted by Crippen LogP contribution is 2.34. The molecule has 1 aromatic carbocycles. The molecule has 3 atom stereocenters. The van der Waals surface area contributed by atoms with E-state index in [0.29, 0.717) is 18.1 Å². The number of fused-ring (bicyclic) bond motifs is 1. The summed E-state index contributed by atoms with van der Waals surface area (Å²) in [5, 5.41) is 4.84. The molecule has 2 heterocycles. The lowest BCUT2D eigenvalue weighted by Crippen LogP contribution is -2.29. The molecule has 1 N–H and O–H groups in total. The van der Waals surface area contributed by atoms with Gasteiger partial charge in [0.25, 0.3) is 0 Å². The summed E-state index contributed by atoms with van der Waals surface area (Å²) in [4.78, 5) is 4.59. The van der Waals surface area contributed by atoms with Crippen LogP contribution in [-0.4, -0.2) is 24.2 Å². The second-order valence-corrected chi connectivity index (χ2v) is 5.60. The van der Waals surface area contributed by atoms with Crippen molar-refractivity contribution < 1.29 is 4.74 Å². The molecular formula is C17H22N2O. The van der Waals surface area contributed by atoms with Crippen molar-refractivity contribution in [2.24, 2.45) is 5.92 Å². The summed E-state index contributed by atoms with van der Waals surface area (Å²) in [5.41, 5.74) is 2.41.